The molecular weight excluding hydrogens is 344 g/mol. The van der Waals surface area contributed by atoms with Crippen molar-refractivity contribution < 1.29 is 9.59 Å². The summed E-state index contributed by atoms with van der Waals surface area (Å²) in [6, 6.07) is 5.95. The van der Waals surface area contributed by atoms with Gasteiger partial charge in [0, 0.05) is 24.8 Å². The number of aromatic nitrogens is 2. The number of likely N-dealkylation sites (tertiary alicyclic amines) is 1. The summed E-state index contributed by atoms with van der Waals surface area (Å²) in [6.45, 7) is 1.43. The van der Waals surface area contributed by atoms with Crippen LogP contribution in [0.15, 0.2) is 35.3 Å². The van der Waals surface area contributed by atoms with E-state index in [4.69, 9.17) is 11.6 Å². The number of rotatable bonds is 3. The molecule has 25 heavy (non-hydrogen) atoms. The van der Waals surface area contributed by atoms with Crippen molar-refractivity contribution in [3.63, 3.8) is 0 Å². The van der Waals surface area contributed by atoms with Crippen LogP contribution >= 0.6 is 11.6 Å². The molecule has 2 aromatic rings. The van der Waals surface area contributed by atoms with Crippen molar-refractivity contribution >= 4 is 29.7 Å². The molecule has 1 aliphatic rings. The molecule has 0 unspecified atom stereocenters. The Bertz CT molecular complexity index is 859. The van der Waals surface area contributed by atoms with E-state index in [-0.39, 0.29) is 16.9 Å². The van der Waals surface area contributed by atoms with E-state index < -0.39 is 5.69 Å². The van der Waals surface area contributed by atoms with E-state index in [0.29, 0.717) is 30.6 Å². The third-order valence-electron chi connectivity index (χ3n) is 4.07. The number of benzene rings is 1. The van der Waals surface area contributed by atoms with Gasteiger partial charge in [-0.3, -0.25) is 14.7 Å². The van der Waals surface area contributed by atoms with Crippen molar-refractivity contribution in [3.05, 3.63) is 51.5 Å². The number of amides is 2. The number of urea groups is 1. The number of hydrogen-bond donors (Lipinski definition) is 1. The standard InChI is InChI=1S/C17H17ClN4O3/c18-14-10-13(5-4-12(14)11-23)22-9-6-15(20-17(22)25)19-16(24)21-7-2-1-3-8-21/h4-6,9-11H,1-3,7-8H2,(H,19,20,24,25). The number of carbonyl (C=O) groups excluding carboxylic acids is 2. The molecule has 0 spiro atoms. The Morgan fingerprint density at radius 2 is 1.96 bits per heavy atom. The molecule has 0 aliphatic carbocycles. The third-order valence-corrected chi connectivity index (χ3v) is 4.40. The largest absolute Gasteiger partial charge is 0.354 e. The average Bonchev–Trinajstić information content (AvgIpc) is 2.62. The highest BCUT2D eigenvalue weighted by Crippen LogP contribution is 2.18. The molecule has 1 aromatic carbocycles. The van der Waals surface area contributed by atoms with E-state index in [1.54, 1.807) is 17.0 Å². The molecular formula is C17H17ClN4O3. The first kappa shape index (κ1) is 17.2. The molecule has 7 nitrogen and oxygen atoms in total. The topological polar surface area (TPSA) is 84.3 Å². The number of aldehydes is 1. The summed E-state index contributed by atoms with van der Waals surface area (Å²) < 4.78 is 1.29. The van der Waals surface area contributed by atoms with E-state index in [9.17, 15) is 14.4 Å². The van der Waals surface area contributed by atoms with Gasteiger partial charge in [-0.2, -0.15) is 4.98 Å². The first-order valence-corrected chi connectivity index (χ1v) is 8.37. The van der Waals surface area contributed by atoms with Gasteiger partial charge in [-0.15, -0.1) is 0 Å². The summed E-state index contributed by atoms with van der Waals surface area (Å²) in [5, 5.41) is 2.90. The third kappa shape index (κ3) is 3.88. The second-order valence-corrected chi connectivity index (χ2v) is 6.17. The van der Waals surface area contributed by atoms with E-state index in [2.05, 4.69) is 10.3 Å². The Balaban J connectivity index is 1.79. The molecule has 2 amide bonds. The molecule has 3 rings (SSSR count). The van der Waals surface area contributed by atoms with Crippen molar-refractivity contribution in [1.82, 2.24) is 14.5 Å². The van der Waals surface area contributed by atoms with Gasteiger partial charge in [0.15, 0.2) is 6.29 Å². The van der Waals surface area contributed by atoms with Gasteiger partial charge in [0.05, 0.1) is 10.7 Å². The highest BCUT2D eigenvalue weighted by molar-refractivity contribution is 6.33. The normalized spacial score (nSPS) is 14.2. The number of piperidine rings is 1. The zero-order valence-corrected chi connectivity index (χ0v) is 14.2. The molecule has 8 heteroatoms. The highest BCUT2D eigenvalue weighted by Gasteiger charge is 2.17. The van der Waals surface area contributed by atoms with Crippen molar-refractivity contribution in [2.45, 2.75) is 19.3 Å². The van der Waals surface area contributed by atoms with Crippen LogP contribution < -0.4 is 11.0 Å². The molecule has 0 radical (unpaired) electrons. The van der Waals surface area contributed by atoms with Gasteiger partial charge in [-0.25, -0.2) is 9.59 Å². The van der Waals surface area contributed by atoms with Crippen molar-refractivity contribution in [2.75, 3.05) is 18.4 Å². The van der Waals surface area contributed by atoms with Crippen LogP contribution in [0.2, 0.25) is 5.02 Å². The van der Waals surface area contributed by atoms with Crippen molar-refractivity contribution in [2.24, 2.45) is 0 Å². The van der Waals surface area contributed by atoms with Gasteiger partial charge in [0.2, 0.25) is 0 Å². The quantitative estimate of drug-likeness (QED) is 0.853. The van der Waals surface area contributed by atoms with Crippen LogP contribution in [0.5, 0.6) is 0 Å². The van der Waals surface area contributed by atoms with E-state index in [1.165, 1.54) is 22.9 Å². The van der Waals surface area contributed by atoms with Gasteiger partial charge < -0.3 is 4.90 Å². The molecule has 1 saturated heterocycles. The second kappa shape index (κ2) is 7.48. The number of halogens is 1. The zero-order valence-electron chi connectivity index (χ0n) is 13.4. The predicted octanol–water partition coefficient (Wildman–Crippen LogP) is 2.72. The molecule has 1 N–H and O–H groups in total. The predicted molar refractivity (Wildman–Crippen MR) is 94.7 cm³/mol. The Kier molecular flexibility index (Phi) is 5.14. The van der Waals surface area contributed by atoms with Gasteiger partial charge in [0.1, 0.15) is 5.82 Å². The van der Waals surface area contributed by atoms with Gasteiger partial charge in [0.25, 0.3) is 0 Å². The van der Waals surface area contributed by atoms with Crippen molar-refractivity contribution in [1.29, 1.82) is 0 Å². The van der Waals surface area contributed by atoms with E-state index in [1.807, 2.05) is 0 Å². The van der Waals surface area contributed by atoms with Crippen LogP contribution in [0.1, 0.15) is 29.6 Å². The summed E-state index contributed by atoms with van der Waals surface area (Å²) >= 11 is 5.99. The number of anilines is 1. The lowest BCUT2D eigenvalue weighted by molar-refractivity contribution is 0.112. The maximum atomic E-state index is 12.2. The number of carbonyl (C=O) groups is 2. The van der Waals surface area contributed by atoms with Crippen LogP contribution in [0, 0.1) is 0 Å². The molecule has 2 heterocycles. The Labute approximate surface area is 149 Å². The lowest BCUT2D eigenvalue weighted by Gasteiger charge is -2.26. The number of nitrogens with zero attached hydrogens (tertiary/aromatic N) is 3. The monoisotopic (exact) mass is 360 g/mol. The van der Waals surface area contributed by atoms with E-state index >= 15 is 0 Å². The maximum Gasteiger partial charge on any atom is 0.354 e. The zero-order chi connectivity index (χ0) is 17.8. The minimum atomic E-state index is -0.550. The fourth-order valence-electron chi connectivity index (χ4n) is 2.72. The number of nitrogens with one attached hydrogen (secondary N) is 1. The minimum absolute atomic E-state index is 0.201. The summed E-state index contributed by atoms with van der Waals surface area (Å²) in [6.07, 6.45) is 5.25. The smallest absolute Gasteiger partial charge is 0.325 e. The minimum Gasteiger partial charge on any atom is -0.325 e. The summed E-state index contributed by atoms with van der Waals surface area (Å²) in [4.78, 5) is 40.8. The molecule has 0 bridgehead atoms. The molecule has 1 aliphatic heterocycles. The summed E-state index contributed by atoms with van der Waals surface area (Å²) in [5.41, 5.74) is 0.283. The first-order valence-electron chi connectivity index (χ1n) is 7.99. The lowest BCUT2D eigenvalue weighted by Crippen LogP contribution is -2.39. The van der Waals surface area contributed by atoms with Gasteiger partial charge >= 0.3 is 11.7 Å². The summed E-state index contributed by atoms with van der Waals surface area (Å²) in [7, 11) is 0. The molecule has 1 aromatic heterocycles. The number of hydrogen-bond acceptors (Lipinski definition) is 4. The highest BCUT2D eigenvalue weighted by atomic mass is 35.5. The Morgan fingerprint density at radius 1 is 1.20 bits per heavy atom. The van der Waals surface area contributed by atoms with Crippen LogP contribution in [0.3, 0.4) is 0 Å². The fourth-order valence-corrected chi connectivity index (χ4v) is 2.94. The first-order chi connectivity index (χ1) is 12.1. The lowest BCUT2D eigenvalue weighted by atomic mass is 10.1. The van der Waals surface area contributed by atoms with Crippen LogP contribution in [-0.4, -0.2) is 39.9 Å². The molecule has 130 valence electrons. The average molecular weight is 361 g/mol. The summed E-state index contributed by atoms with van der Waals surface area (Å²) in [5.74, 6) is 0.201. The van der Waals surface area contributed by atoms with Crippen LogP contribution in [0.4, 0.5) is 10.6 Å². The Morgan fingerprint density at radius 3 is 2.60 bits per heavy atom. The van der Waals surface area contributed by atoms with Crippen LogP contribution in [-0.2, 0) is 0 Å². The SMILES string of the molecule is O=Cc1ccc(-n2ccc(NC(=O)N3CCCCC3)nc2=O)cc1Cl. The van der Waals surface area contributed by atoms with E-state index in [0.717, 1.165) is 19.3 Å². The fraction of sp³-hybridized carbons (Fsp3) is 0.294. The van der Waals surface area contributed by atoms with Gasteiger partial charge in [-0.1, -0.05) is 11.6 Å². The van der Waals surface area contributed by atoms with Crippen molar-refractivity contribution in [3.8, 4) is 5.69 Å². The molecule has 1 fully saturated rings. The second-order valence-electron chi connectivity index (χ2n) is 5.77. The maximum absolute atomic E-state index is 12.2. The molecule has 0 atom stereocenters. The molecule has 0 saturated carbocycles. The van der Waals surface area contributed by atoms with Gasteiger partial charge in [-0.05, 0) is 43.5 Å². The Hall–Kier alpha value is -2.67. The van der Waals surface area contributed by atoms with Crippen LogP contribution in [0.25, 0.3) is 5.69 Å².